The Morgan fingerprint density at radius 2 is 2.17 bits per heavy atom. The van der Waals surface area contributed by atoms with E-state index in [4.69, 9.17) is 11.6 Å². The fraction of sp³-hybridized carbons (Fsp3) is 0.263. The maximum Gasteiger partial charge on any atom is 0.252 e. The van der Waals surface area contributed by atoms with Gasteiger partial charge in [-0.25, -0.2) is 4.98 Å². The first kappa shape index (κ1) is 15.2. The van der Waals surface area contributed by atoms with Gasteiger partial charge in [0, 0.05) is 35.6 Å². The molecule has 1 aromatic heterocycles. The number of imidazole rings is 1. The summed E-state index contributed by atoms with van der Waals surface area (Å²) in [7, 11) is 0. The highest BCUT2D eigenvalue weighted by Crippen LogP contribution is 2.30. The Labute approximate surface area is 145 Å². The fourth-order valence-corrected chi connectivity index (χ4v) is 3.59. The molecule has 1 heterocycles. The highest BCUT2D eigenvalue weighted by atomic mass is 35.5. The van der Waals surface area contributed by atoms with Gasteiger partial charge in [0.25, 0.3) is 5.91 Å². The predicted molar refractivity (Wildman–Crippen MR) is 95.2 cm³/mol. The summed E-state index contributed by atoms with van der Waals surface area (Å²) in [4.78, 5) is 16.7. The van der Waals surface area contributed by atoms with Crippen molar-refractivity contribution in [3.8, 4) is 0 Å². The maximum atomic E-state index is 12.6. The molecule has 5 heteroatoms. The highest BCUT2D eigenvalue weighted by molar-refractivity contribution is 6.31. The molecule has 3 aromatic rings. The van der Waals surface area contributed by atoms with Gasteiger partial charge in [-0.1, -0.05) is 29.8 Å². The van der Waals surface area contributed by atoms with E-state index >= 15 is 0 Å². The third-order valence-corrected chi connectivity index (χ3v) is 4.92. The molecule has 24 heavy (non-hydrogen) atoms. The van der Waals surface area contributed by atoms with Crippen LogP contribution in [0.5, 0.6) is 0 Å². The van der Waals surface area contributed by atoms with E-state index in [-0.39, 0.29) is 11.9 Å². The summed E-state index contributed by atoms with van der Waals surface area (Å²) in [5, 5.41) is 5.76. The number of nitrogens with one attached hydrogen (secondary N) is 1. The van der Waals surface area contributed by atoms with E-state index in [1.165, 1.54) is 0 Å². The third kappa shape index (κ3) is 3.02. The van der Waals surface area contributed by atoms with Crippen molar-refractivity contribution >= 4 is 28.3 Å². The molecule has 122 valence electrons. The molecule has 0 saturated heterocycles. The van der Waals surface area contributed by atoms with Gasteiger partial charge in [-0.05, 0) is 47.7 Å². The van der Waals surface area contributed by atoms with Gasteiger partial charge in [0.05, 0.1) is 6.33 Å². The zero-order chi connectivity index (χ0) is 16.5. The van der Waals surface area contributed by atoms with E-state index in [2.05, 4.69) is 14.9 Å². The van der Waals surface area contributed by atoms with E-state index < -0.39 is 0 Å². The molecule has 0 aliphatic heterocycles. The summed E-state index contributed by atoms with van der Waals surface area (Å²) in [6.45, 7) is 0.971. The monoisotopic (exact) mass is 339 g/mol. The zero-order valence-electron chi connectivity index (χ0n) is 13.2. The SMILES string of the molecule is O=C(NC1CC(Cn2ccnc2)C1)c1cccc2cc(Cl)ccc12. The maximum absolute atomic E-state index is 12.6. The number of rotatable bonds is 4. The highest BCUT2D eigenvalue weighted by Gasteiger charge is 2.30. The molecular formula is C19H18ClN3O. The molecule has 1 N–H and O–H groups in total. The molecule has 0 spiro atoms. The standard InChI is InChI=1S/C19H18ClN3O/c20-15-4-5-17-14(10-15)2-1-3-18(17)19(24)22-16-8-13(9-16)11-23-7-6-21-12-23/h1-7,10,12-13,16H,8-9,11H2,(H,22,24). The van der Waals surface area contributed by atoms with Crippen molar-refractivity contribution in [2.45, 2.75) is 25.4 Å². The third-order valence-electron chi connectivity index (χ3n) is 4.69. The van der Waals surface area contributed by atoms with Gasteiger partial charge in [0.1, 0.15) is 0 Å². The zero-order valence-corrected chi connectivity index (χ0v) is 13.9. The Morgan fingerprint density at radius 1 is 1.29 bits per heavy atom. The minimum atomic E-state index is -0.00555. The topological polar surface area (TPSA) is 46.9 Å². The Bertz CT molecular complexity index is 869. The van der Waals surface area contributed by atoms with Crippen molar-refractivity contribution in [3.63, 3.8) is 0 Å². The van der Waals surface area contributed by atoms with Crippen molar-refractivity contribution in [1.82, 2.24) is 14.9 Å². The Morgan fingerprint density at radius 3 is 2.96 bits per heavy atom. The lowest BCUT2D eigenvalue weighted by Crippen LogP contribution is -2.45. The molecule has 1 saturated carbocycles. The molecule has 0 unspecified atom stereocenters. The van der Waals surface area contributed by atoms with Crippen LogP contribution in [0.2, 0.25) is 5.02 Å². The van der Waals surface area contributed by atoms with Crippen LogP contribution in [0.3, 0.4) is 0 Å². The van der Waals surface area contributed by atoms with E-state index in [1.54, 1.807) is 6.20 Å². The quantitative estimate of drug-likeness (QED) is 0.783. The van der Waals surface area contributed by atoms with E-state index in [9.17, 15) is 4.79 Å². The Hall–Kier alpha value is -2.33. The molecule has 0 bridgehead atoms. The lowest BCUT2D eigenvalue weighted by Gasteiger charge is -2.36. The lowest BCUT2D eigenvalue weighted by molar-refractivity contribution is 0.0883. The number of carbonyl (C=O) groups excluding carboxylic acids is 1. The largest absolute Gasteiger partial charge is 0.349 e. The number of fused-ring (bicyclic) bond motifs is 1. The second-order valence-corrected chi connectivity index (χ2v) is 6.87. The lowest BCUT2D eigenvalue weighted by atomic mass is 9.80. The summed E-state index contributed by atoms with van der Waals surface area (Å²) >= 11 is 6.03. The van der Waals surface area contributed by atoms with Crippen molar-refractivity contribution in [2.24, 2.45) is 5.92 Å². The van der Waals surface area contributed by atoms with Crippen LogP contribution >= 0.6 is 11.6 Å². The second-order valence-electron chi connectivity index (χ2n) is 6.44. The van der Waals surface area contributed by atoms with Crippen LogP contribution < -0.4 is 5.32 Å². The number of aromatic nitrogens is 2. The molecule has 1 amide bonds. The number of benzene rings is 2. The second kappa shape index (κ2) is 6.29. The normalized spacial score (nSPS) is 19.9. The van der Waals surface area contributed by atoms with E-state index in [0.717, 1.165) is 30.2 Å². The average Bonchev–Trinajstić information content (AvgIpc) is 3.05. The van der Waals surface area contributed by atoms with Gasteiger partial charge in [-0.3, -0.25) is 4.79 Å². The molecule has 4 nitrogen and oxygen atoms in total. The van der Waals surface area contributed by atoms with Crippen LogP contribution in [0.25, 0.3) is 10.8 Å². The van der Waals surface area contributed by atoms with E-state index in [0.29, 0.717) is 16.5 Å². The first-order chi connectivity index (χ1) is 11.7. The molecular weight excluding hydrogens is 322 g/mol. The Balaban J connectivity index is 1.41. The van der Waals surface area contributed by atoms with Crippen LogP contribution in [0, 0.1) is 5.92 Å². The molecule has 0 radical (unpaired) electrons. The number of hydrogen-bond acceptors (Lipinski definition) is 2. The molecule has 4 rings (SSSR count). The molecule has 1 fully saturated rings. The van der Waals surface area contributed by atoms with Gasteiger partial charge in [-0.2, -0.15) is 0 Å². The predicted octanol–water partition coefficient (Wildman–Crippen LogP) is 3.90. The van der Waals surface area contributed by atoms with E-state index in [1.807, 2.05) is 48.9 Å². The van der Waals surface area contributed by atoms with Crippen molar-refractivity contribution in [1.29, 1.82) is 0 Å². The van der Waals surface area contributed by atoms with Crippen molar-refractivity contribution in [2.75, 3.05) is 0 Å². The van der Waals surface area contributed by atoms with Crippen LogP contribution in [-0.2, 0) is 6.54 Å². The summed E-state index contributed by atoms with van der Waals surface area (Å²) in [5.41, 5.74) is 0.710. The van der Waals surface area contributed by atoms with Gasteiger partial charge in [0.2, 0.25) is 0 Å². The fourth-order valence-electron chi connectivity index (χ4n) is 3.41. The summed E-state index contributed by atoms with van der Waals surface area (Å²) in [5.74, 6) is 0.602. The number of amides is 1. The van der Waals surface area contributed by atoms with Crippen molar-refractivity contribution < 1.29 is 4.79 Å². The summed E-state index contributed by atoms with van der Waals surface area (Å²) in [6, 6.07) is 11.6. The average molecular weight is 340 g/mol. The molecule has 1 aliphatic rings. The molecule has 0 atom stereocenters. The Kier molecular flexibility index (Phi) is 3.98. The summed E-state index contributed by atoms with van der Waals surface area (Å²) < 4.78 is 2.09. The van der Waals surface area contributed by atoms with Crippen LogP contribution in [0.4, 0.5) is 0 Å². The number of hydrogen-bond donors (Lipinski definition) is 1. The minimum absolute atomic E-state index is 0.00555. The van der Waals surface area contributed by atoms with Gasteiger partial charge < -0.3 is 9.88 Å². The molecule has 2 aromatic carbocycles. The van der Waals surface area contributed by atoms with Crippen LogP contribution in [-0.4, -0.2) is 21.5 Å². The molecule has 1 aliphatic carbocycles. The minimum Gasteiger partial charge on any atom is -0.349 e. The summed E-state index contributed by atoms with van der Waals surface area (Å²) in [6.07, 6.45) is 7.64. The van der Waals surface area contributed by atoms with Gasteiger partial charge >= 0.3 is 0 Å². The first-order valence-corrected chi connectivity index (χ1v) is 8.52. The van der Waals surface area contributed by atoms with Crippen molar-refractivity contribution in [3.05, 3.63) is 65.7 Å². The first-order valence-electron chi connectivity index (χ1n) is 8.14. The van der Waals surface area contributed by atoms with Gasteiger partial charge in [0.15, 0.2) is 0 Å². The van der Waals surface area contributed by atoms with Crippen LogP contribution in [0.15, 0.2) is 55.1 Å². The number of halogens is 1. The number of nitrogens with zero attached hydrogens (tertiary/aromatic N) is 2. The number of carbonyl (C=O) groups is 1. The van der Waals surface area contributed by atoms with Crippen LogP contribution in [0.1, 0.15) is 23.2 Å². The smallest absolute Gasteiger partial charge is 0.252 e. The van der Waals surface area contributed by atoms with Gasteiger partial charge in [-0.15, -0.1) is 0 Å².